The van der Waals surface area contributed by atoms with Crippen molar-refractivity contribution in [1.29, 1.82) is 0 Å². The van der Waals surface area contributed by atoms with Gasteiger partial charge in [0.2, 0.25) is 0 Å². The molecular weight excluding hydrogens is 457 g/mol. The van der Waals surface area contributed by atoms with Crippen LogP contribution in [0.25, 0.3) is 0 Å². The van der Waals surface area contributed by atoms with Gasteiger partial charge in [0.25, 0.3) is 0 Å². The summed E-state index contributed by atoms with van der Waals surface area (Å²) in [5, 5.41) is 7.31. The number of hydrogen-bond donors (Lipinski definition) is 0. The van der Waals surface area contributed by atoms with Crippen LogP contribution in [-0.4, -0.2) is 20.9 Å². The molecule has 0 aliphatic carbocycles. The zero-order valence-electron chi connectivity index (χ0n) is 17.4. The van der Waals surface area contributed by atoms with Gasteiger partial charge in [-0.15, -0.1) is 0 Å². The van der Waals surface area contributed by atoms with Gasteiger partial charge in [-0.2, -0.15) is 0 Å². The summed E-state index contributed by atoms with van der Waals surface area (Å²) in [5.41, 5.74) is 5.68. The van der Waals surface area contributed by atoms with Crippen LogP contribution in [0.1, 0.15) is 17.2 Å². The summed E-state index contributed by atoms with van der Waals surface area (Å²) < 4.78 is 9.21. The van der Waals surface area contributed by atoms with E-state index in [0.717, 1.165) is 22.6 Å². The monoisotopic (exact) mass is 479 g/mol. The van der Waals surface area contributed by atoms with Crippen LogP contribution < -0.4 is 8.99 Å². The number of hydroxylamine groups is 1. The summed E-state index contributed by atoms with van der Waals surface area (Å²) in [7, 11) is 0. The molecule has 2 aliphatic rings. The fourth-order valence-electron chi connectivity index (χ4n) is 4.37. The Morgan fingerprint density at radius 2 is 1.16 bits per heavy atom. The molecule has 1 fully saturated rings. The predicted molar refractivity (Wildman–Crippen MR) is 131 cm³/mol. The van der Waals surface area contributed by atoms with Crippen LogP contribution in [0, 0.1) is 0 Å². The SMILES string of the molecule is c1ccc(C2=NN(c3ccccc3)[As]3ON(c4ccccc4)C(c4ccccc4)C23)cc1. The summed E-state index contributed by atoms with van der Waals surface area (Å²) >= 11 is -2.10. The van der Waals surface area contributed by atoms with Gasteiger partial charge < -0.3 is 0 Å². The molecule has 156 valence electrons. The van der Waals surface area contributed by atoms with Crippen LogP contribution >= 0.6 is 0 Å². The number of nitrogens with zero attached hydrogens (tertiary/aromatic N) is 3. The fraction of sp³-hybridized carbons (Fsp3) is 0.0741. The van der Waals surface area contributed by atoms with E-state index in [2.05, 4.69) is 118 Å². The standard InChI is InChI=1S/C27H22AsN3O/c1-5-13-21(14-6-1)26-25-27(22-15-7-2-8-16-22)30(23-17-9-3-10-18-23)32-28(25)31(29-26)24-19-11-4-12-20-24/h1-20,25,27H. The summed E-state index contributed by atoms with van der Waals surface area (Å²) in [6.45, 7) is 0. The molecule has 1 saturated heterocycles. The van der Waals surface area contributed by atoms with Gasteiger partial charge in [-0.3, -0.25) is 0 Å². The topological polar surface area (TPSA) is 28.1 Å². The van der Waals surface area contributed by atoms with Gasteiger partial charge in [0.05, 0.1) is 0 Å². The maximum atomic E-state index is 6.85. The van der Waals surface area contributed by atoms with E-state index in [9.17, 15) is 0 Å². The van der Waals surface area contributed by atoms with Gasteiger partial charge in [-0.25, -0.2) is 0 Å². The molecule has 0 radical (unpaired) electrons. The first-order valence-electron chi connectivity index (χ1n) is 10.8. The molecule has 2 heterocycles. The number of fused-ring (bicyclic) bond motifs is 1. The second kappa shape index (κ2) is 8.31. The molecule has 5 heteroatoms. The van der Waals surface area contributed by atoms with Crippen molar-refractivity contribution in [3.8, 4) is 0 Å². The van der Waals surface area contributed by atoms with E-state index in [4.69, 9.17) is 8.93 Å². The van der Waals surface area contributed by atoms with Crippen molar-refractivity contribution in [3.63, 3.8) is 0 Å². The molecule has 0 aromatic heterocycles. The van der Waals surface area contributed by atoms with Crippen LogP contribution in [0.15, 0.2) is 126 Å². The van der Waals surface area contributed by atoms with E-state index in [1.807, 2.05) is 12.1 Å². The molecule has 3 unspecified atom stereocenters. The summed E-state index contributed by atoms with van der Waals surface area (Å²) in [6, 6.07) is 42.1. The fourth-order valence-corrected chi connectivity index (χ4v) is 9.14. The normalized spacial score (nSPS) is 22.0. The van der Waals surface area contributed by atoms with Crippen molar-refractivity contribution in [2.24, 2.45) is 5.10 Å². The van der Waals surface area contributed by atoms with E-state index in [1.165, 1.54) is 5.56 Å². The first-order valence-corrected chi connectivity index (χ1v) is 13.4. The van der Waals surface area contributed by atoms with Crippen molar-refractivity contribution in [1.82, 2.24) is 0 Å². The van der Waals surface area contributed by atoms with E-state index in [0.29, 0.717) is 0 Å². The van der Waals surface area contributed by atoms with Crippen LogP contribution in [0.5, 0.6) is 0 Å². The second-order valence-electron chi connectivity index (χ2n) is 7.82. The Bertz CT molecular complexity index is 1220. The Morgan fingerprint density at radius 3 is 1.78 bits per heavy atom. The average molecular weight is 479 g/mol. The minimum atomic E-state index is -2.10. The van der Waals surface area contributed by atoms with Crippen molar-refractivity contribution >= 4 is 32.3 Å². The quantitative estimate of drug-likeness (QED) is 0.338. The number of benzene rings is 4. The number of hydrazone groups is 1. The number of para-hydroxylation sites is 2. The van der Waals surface area contributed by atoms with Crippen molar-refractivity contribution in [3.05, 3.63) is 132 Å². The molecule has 4 nitrogen and oxygen atoms in total. The van der Waals surface area contributed by atoms with Gasteiger partial charge in [0.15, 0.2) is 0 Å². The van der Waals surface area contributed by atoms with Crippen molar-refractivity contribution < 1.29 is 3.83 Å². The molecular formula is C27H22AsN3O. The summed E-state index contributed by atoms with van der Waals surface area (Å²) in [4.78, 5) is 0. The van der Waals surface area contributed by atoms with Gasteiger partial charge in [0, 0.05) is 0 Å². The molecule has 3 atom stereocenters. The number of rotatable bonds is 4. The van der Waals surface area contributed by atoms with Gasteiger partial charge in [-0.05, 0) is 0 Å². The van der Waals surface area contributed by atoms with Crippen LogP contribution in [0.4, 0.5) is 11.4 Å². The Kier molecular flexibility index (Phi) is 5.03. The molecule has 0 spiro atoms. The predicted octanol–water partition coefficient (Wildman–Crippen LogP) is 5.96. The van der Waals surface area contributed by atoms with E-state index in [1.54, 1.807) is 0 Å². The van der Waals surface area contributed by atoms with Crippen LogP contribution in [-0.2, 0) is 3.83 Å². The molecule has 0 bridgehead atoms. The zero-order valence-corrected chi connectivity index (χ0v) is 19.3. The Balaban J connectivity index is 1.52. The molecule has 4 aromatic rings. The molecule has 6 rings (SSSR count). The van der Waals surface area contributed by atoms with Gasteiger partial charge in [0.1, 0.15) is 0 Å². The average Bonchev–Trinajstić information content (AvgIpc) is 3.44. The van der Waals surface area contributed by atoms with Crippen molar-refractivity contribution in [2.45, 2.75) is 10.7 Å². The third-order valence-corrected chi connectivity index (χ3v) is 10.1. The first-order chi connectivity index (χ1) is 15.9. The Hall–Kier alpha value is -3.33. The second-order valence-corrected chi connectivity index (χ2v) is 11.4. The number of anilines is 2. The third kappa shape index (κ3) is 3.33. The van der Waals surface area contributed by atoms with E-state index < -0.39 is 15.2 Å². The first kappa shape index (κ1) is 19.4. The molecule has 0 amide bonds. The maximum absolute atomic E-state index is 6.85. The third-order valence-electron chi connectivity index (χ3n) is 5.84. The van der Waals surface area contributed by atoms with E-state index in [-0.39, 0.29) is 10.7 Å². The Labute approximate surface area is 193 Å². The summed E-state index contributed by atoms with van der Waals surface area (Å²) in [6.07, 6.45) is 0. The molecule has 32 heavy (non-hydrogen) atoms. The molecule has 2 aliphatic heterocycles. The van der Waals surface area contributed by atoms with Crippen molar-refractivity contribution in [2.75, 3.05) is 8.99 Å². The van der Waals surface area contributed by atoms with Gasteiger partial charge >= 0.3 is 193 Å². The molecule has 0 saturated carbocycles. The summed E-state index contributed by atoms with van der Waals surface area (Å²) in [5.74, 6) is 0. The zero-order chi connectivity index (χ0) is 21.3. The number of hydrogen-bond acceptors (Lipinski definition) is 4. The van der Waals surface area contributed by atoms with Crippen LogP contribution in [0.3, 0.4) is 0 Å². The molecule has 4 aromatic carbocycles. The van der Waals surface area contributed by atoms with Gasteiger partial charge in [-0.1, -0.05) is 0 Å². The minimum absolute atomic E-state index is 0.0614. The Morgan fingerprint density at radius 1 is 0.625 bits per heavy atom. The van der Waals surface area contributed by atoms with E-state index >= 15 is 0 Å². The van der Waals surface area contributed by atoms with Crippen LogP contribution in [0.2, 0.25) is 4.71 Å². The molecule has 0 N–H and O–H groups in total.